The highest BCUT2D eigenvalue weighted by Gasteiger charge is 2.45. The quantitative estimate of drug-likeness (QED) is 0.303. The average molecular weight is 426 g/mol. The second kappa shape index (κ2) is 9.43. The minimum atomic E-state index is -0.791. The van der Waals surface area contributed by atoms with E-state index >= 15 is 0 Å². The standard InChI is InChI=1S/C25H28FNO4/c1-15(2)31-13-5-12-27-22(18-8-10-20(26)11-9-18)21(24(29)25(27)30)23(28)19-7-6-16(3)17(4)14-19/h6-11,14-15,22,28H,5,12-13H2,1-4H3/b23-21-. The van der Waals surface area contributed by atoms with Gasteiger partial charge in [-0.25, -0.2) is 4.39 Å². The molecule has 0 aliphatic carbocycles. The van der Waals surface area contributed by atoms with Crippen molar-refractivity contribution in [3.63, 3.8) is 0 Å². The normalized spacial score (nSPS) is 18.3. The number of hydrogen-bond donors (Lipinski definition) is 1. The van der Waals surface area contributed by atoms with Gasteiger partial charge < -0.3 is 14.7 Å². The van der Waals surface area contributed by atoms with Crippen LogP contribution >= 0.6 is 0 Å². The van der Waals surface area contributed by atoms with Gasteiger partial charge in [-0.2, -0.15) is 0 Å². The molecule has 1 N–H and O–H groups in total. The van der Waals surface area contributed by atoms with Crippen LogP contribution in [-0.4, -0.2) is 41.0 Å². The lowest BCUT2D eigenvalue weighted by molar-refractivity contribution is -0.140. The fourth-order valence-electron chi connectivity index (χ4n) is 3.70. The second-order valence-electron chi connectivity index (χ2n) is 8.12. The van der Waals surface area contributed by atoms with Gasteiger partial charge in [-0.15, -0.1) is 0 Å². The van der Waals surface area contributed by atoms with Crippen LogP contribution in [0.15, 0.2) is 48.0 Å². The zero-order chi connectivity index (χ0) is 22.7. The fourth-order valence-corrected chi connectivity index (χ4v) is 3.70. The number of carbonyl (C=O) groups is 2. The summed E-state index contributed by atoms with van der Waals surface area (Å²) in [5.41, 5.74) is 3.07. The zero-order valence-corrected chi connectivity index (χ0v) is 18.3. The van der Waals surface area contributed by atoms with E-state index in [0.29, 0.717) is 24.2 Å². The molecule has 5 nitrogen and oxygen atoms in total. The largest absolute Gasteiger partial charge is 0.507 e. The van der Waals surface area contributed by atoms with E-state index in [9.17, 15) is 19.1 Å². The predicted octanol–water partition coefficient (Wildman–Crippen LogP) is 4.68. The molecule has 1 atom stereocenters. The Hall–Kier alpha value is -2.99. The third-order valence-corrected chi connectivity index (χ3v) is 5.50. The van der Waals surface area contributed by atoms with E-state index in [1.54, 1.807) is 12.1 Å². The molecule has 1 aliphatic heterocycles. The summed E-state index contributed by atoms with van der Waals surface area (Å²) in [5, 5.41) is 11.1. The Morgan fingerprint density at radius 3 is 2.39 bits per heavy atom. The molecule has 0 saturated carbocycles. The van der Waals surface area contributed by atoms with E-state index < -0.39 is 23.5 Å². The lowest BCUT2D eigenvalue weighted by Gasteiger charge is -2.25. The number of aryl methyl sites for hydroxylation is 2. The Balaban J connectivity index is 2.04. The van der Waals surface area contributed by atoms with Crippen LogP contribution in [0.1, 0.15) is 48.6 Å². The summed E-state index contributed by atoms with van der Waals surface area (Å²) >= 11 is 0. The first-order valence-electron chi connectivity index (χ1n) is 10.4. The molecule has 1 heterocycles. The molecule has 0 spiro atoms. The first-order valence-corrected chi connectivity index (χ1v) is 10.4. The molecule has 6 heteroatoms. The van der Waals surface area contributed by atoms with E-state index in [4.69, 9.17) is 4.74 Å². The predicted molar refractivity (Wildman–Crippen MR) is 117 cm³/mol. The summed E-state index contributed by atoms with van der Waals surface area (Å²) in [4.78, 5) is 27.3. The molecule has 3 rings (SSSR count). The van der Waals surface area contributed by atoms with Crippen molar-refractivity contribution in [2.45, 2.75) is 46.3 Å². The van der Waals surface area contributed by atoms with Gasteiger partial charge in [-0.05, 0) is 69.0 Å². The van der Waals surface area contributed by atoms with E-state index in [1.807, 2.05) is 33.8 Å². The molecule has 31 heavy (non-hydrogen) atoms. The number of hydrogen-bond acceptors (Lipinski definition) is 4. The maximum absolute atomic E-state index is 13.5. The maximum atomic E-state index is 13.5. The number of rotatable bonds is 7. The summed E-state index contributed by atoms with van der Waals surface area (Å²) in [5.74, 6) is -2.06. The van der Waals surface area contributed by atoms with Crippen LogP contribution in [-0.2, 0) is 14.3 Å². The van der Waals surface area contributed by atoms with Gasteiger partial charge in [0, 0.05) is 18.7 Å². The van der Waals surface area contributed by atoms with Crippen molar-refractivity contribution in [2.75, 3.05) is 13.2 Å². The first kappa shape index (κ1) is 22.7. The Bertz CT molecular complexity index is 1010. The summed E-state index contributed by atoms with van der Waals surface area (Å²) in [7, 11) is 0. The monoisotopic (exact) mass is 425 g/mol. The number of ketones is 1. The Morgan fingerprint density at radius 2 is 1.77 bits per heavy atom. The first-order chi connectivity index (χ1) is 14.7. The van der Waals surface area contributed by atoms with Crippen LogP contribution in [0.3, 0.4) is 0 Å². The van der Waals surface area contributed by atoms with Gasteiger partial charge in [0.1, 0.15) is 11.6 Å². The molecule has 2 aromatic rings. The van der Waals surface area contributed by atoms with Crippen molar-refractivity contribution in [3.8, 4) is 0 Å². The van der Waals surface area contributed by atoms with Gasteiger partial charge in [0.2, 0.25) is 0 Å². The molecule has 0 bridgehead atoms. The highest BCUT2D eigenvalue weighted by atomic mass is 19.1. The van der Waals surface area contributed by atoms with Gasteiger partial charge in [0.15, 0.2) is 0 Å². The molecule has 2 aromatic carbocycles. The van der Waals surface area contributed by atoms with Gasteiger partial charge in [-0.3, -0.25) is 9.59 Å². The summed E-state index contributed by atoms with van der Waals surface area (Å²) in [6.45, 7) is 8.44. The van der Waals surface area contributed by atoms with Crippen molar-refractivity contribution in [2.24, 2.45) is 0 Å². The summed E-state index contributed by atoms with van der Waals surface area (Å²) in [6.07, 6.45) is 0.597. The molecule has 1 unspecified atom stereocenters. The molecular weight excluding hydrogens is 397 g/mol. The Labute approximate surface area is 182 Å². The van der Waals surface area contributed by atoms with Crippen LogP contribution in [0, 0.1) is 19.7 Å². The van der Waals surface area contributed by atoms with Crippen molar-refractivity contribution in [1.82, 2.24) is 4.90 Å². The molecule has 1 amide bonds. The van der Waals surface area contributed by atoms with E-state index in [0.717, 1.165) is 11.1 Å². The van der Waals surface area contributed by atoms with E-state index in [-0.39, 0.29) is 24.0 Å². The fraction of sp³-hybridized carbons (Fsp3) is 0.360. The number of nitrogens with zero attached hydrogens (tertiary/aromatic N) is 1. The molecule has 1 saturated heterocycles. The number of Topliss-reactive ketones (excluding diaryl/α,β-unsaturated/α-hetero) is 1. The molecule has 0 aromatic heterocycles. The third kappa shape index (κ3) is 4.85. The van der Waals surface area contributed by atoms with Crippen molar-refractivity contribution >= 4 is 17.4 Å². The van der Waals surface area contributed by atoms with Crippen molar-refractivity contribution in [3.05, 3.63) is 76.1 Å². The van der Waals surface area contributed by atoms with Crippen LogP contribution < -0.4 is 0 Å². The number of benzene rings is 2. The Morgan fingerprint density at radius 1 is 1.10 bits per heavy atom. The van der Waals surface area contributed by atoms with Crippen molar-refractivity contribution in [1.29, 1.82) is 0 Å². The number of amides is 1. The SMILES string of the molecule is Cc1ccc(/C(O)=C2/C(=O)C(=O)N(CCCOC(C)C)C2c2ccc(F)cc2)cc1C. The van der Waals surface area contributed by atoms with Crippen LogP contribution in [0.2, 0.25) is 0 Å². The van der Waals surface area contributed by atoms with Crippen LogP contribution in [0.25, 0.3) is 5.76 Å². The van der Waals surface area contributed by atoms with Crippen molar-refractivity contribution < 1.29 is 23.8 Å². The minimum absolute atomic E-state index is 0.0182. The lowest BCUT2D eigenvalue weighted by atomic mass is 9.94. The second-order valence-corrected chi connectivity index (χ2v) is 8.12. The smallest absolute Gasteiger partial charge is 0.295 e. The van der Waals surface area contributed by atoms with E-state index in [2.05, 4.69) is 0 Å². The third-order valence-electron chi connectivity index (χ3n) is 5.50. The molecule has 1 aliphatic rings. The van der Waals surface area contributed by atoms with Crippen LogP contribution in [0.5, 0.6) is 0 Å². The number of halogens is 1. The highest BCUT2D eigenvalue weighted by Crippen LogP contribution is 2.39. The summed E-state index contributed by atoms with van der Waals surface area (Å²) < 4.78 is 19.1. The number of likely N-dealkylation sites (tertiary alicyclic amines) is 1. The summed E-state index contributed by atoms with van der Waals surface area (Å²) in [6, 6.07) is 10.2. The molecule has 0 radical (unpaired) electrons. The van der Waals surface area contributed by atoms with Gasteiger partial charge in [0.25, 0.3) is 11.7 Å². The number of aliphatic hydroxyl groups is 1. The number of carbonyl (C=O) groups excluding carboxylic acids is 2. The maximum Gasteiger partial charge on any atom is 0.295 e. The highest BCUT2D eigenvalue weighted by molar-refractivity contribution is 6.46. The van der Waals surface area contributed by atoms with Gasteiger partial charge in [0.05, 0.1) is 17.7 Å². The van der Waals surface area contributed by atoms with Gasteiger partial charge in [-0.1, -0.05) is 24.3 Å². The number of ether oxygens (including phenoxy) is 1. The number of aliphatic hydroxyl groups excluding tert-OH is 1. The molecule has 164 valence electrons. The van der Waals surface area contributed by atoms with Crippen LogP contribution in [0.4, 0.5) is 4.39 Å². The van der Waals surface area contributed by atoms with E-state index in [1.165, 1.54) is 29.2 Å². The minimum Gasteiger partial charge on any atom is -0.507 e. The Kier molecular flexibility index (Phi) is 6.91. The molecule has 1 fully saturated rings. The topological polar surface area (TPSA) is 66.8 Å². The zero-order valence-electron chi connectivity index (χ0n) is 18.3. The lowest BCUT2D eigenvalue weighted by Crippen LogP contribution is -2.31. The molecular formula is C25H28FNO4. The average Bonchev–Trinajstić information content (AvgIpc) is 2.98. The van der Waals surface area contributed by atoms with Gasteiger partial charge >= 0.3 is 0 Å².